The minimum atomic E-state index is -0.142. The highest BCUT2D eigenvalue weighted by Crippen LogP contribution is 2.23. The van der Waals surface area contributed by atoms with E-state index in [1.54, 1.807) is 31.6 Å². The van der Waals surface area contributed by atoms with Crippen molar-refractivity contribution in [3.8, 4) is 5.75 Å². The highest BCUT2D eigenvalue weighted by atomic mass is 16.5. The summed E-state index contributed by atoms with van der Waals surface area (Å²) in [5, 5.41) is 2.98. The Labute approximate surface area is 149 Å². The number of nitrogens with zero attached hydrogens (tertiary/aromatic N) is 1. The first-order chi connectivity index (χ1) is 12.2. The molecular formula is C20H26N2O3. The molecule has 0 aliphatic heterocycles. The lowest BCUT2D eigenvalue weighted by molar-refractivity contribution is -0.116. The summed E-state index contributed by atoms with van der Waals surface area (Å²) in [4.78, 5) is 14.4. The molecule has 1 N–H and O–H groups in total. The van der Waals surface area contributed by atoms with Crippen LogP contribution in [-0.2, 0) is 4.79 Å². The third-order valence-corrected chi connectivity index (χ3v) is 4.14. The van der Waals surface area contributed by atoms with Crippen LogP contribution in [0.5, 0.6) is 5.75 Å². The van der Waals surface area contributed by atoms with Gasteiger partial charge in [-0.15, -0.1) is 0 Å². The number of hydrogen-bond acceptors (Lipinski definition) is 4. The van der Waals surface area contributed by atoms with Gasteiger partial charge in [-0.2, -0.15) is 0 Å². The quantitative estimate of drug-likeness (QED) is 0.709. The molecule has 1 atom stereocenters. The molecule has 1 heterocycles. The molecule has 2 rings (SSSR count). The van der Waals surface area contributed by atoms with E-state index in [-0.39, 0.29) is 11.9 Å². The molecule has 2 aromatic rings. The number of hydrogen-bond donors (Lipinski definition) is 1. The summed E-state index contributed by atoms with van der Waals surface area (Å²) in [5.41, 5.74) is 1.12. The number of amides is 1. The monoisotopic (exact) mass is 342 g/mol. The Morgan fingerprint density at radius 3 is 2.72 bits per heavy atom. The number of carbonyl (C=O) groups excluding carboxylic acids is 1. The molecule has 1 amide bonds. The van der Waals surface area contributed by atoms with Gasteiger partial charge in [0.2, 0.25) is 5.91 Å². The molecule has 1 unspecified atom stereocenters. The summed E-state index contributed by atoms with van der Waals surface area (Å²) in [6, 6.07) is 11.7. The lowest BCUT2D eigenvalue weighted by Gasteiger charge is -2.30. The summed E-state index contributed by atoms with van der Waals surface area (Å²) in [6.07, 6.45) is 4.73. The van der Waals surface area contributed by atoms with Gasteiger partial charge in [0, 0.05) is 12.6 Å². The van der Waals surface area contributed by atoms with Gasteiger partial charge in [-0.1, -0.05) is 26.0 Å². The number of benzene rings is 1. The number of nitrogens with one attached hydrogen (secondary N) is 1. The Kier molecular flexibility index (Phi) is 7.29. The third-order valence-electron chi connectivity index (χ3n) is 4.14. The van der Waals surface area contributed by atoms with E-state index in [2.05, 4.69) is 30.1 Å². The van der Waals surface area contributed by atoms with Gasteiger partial charge in [-0.3, -0.25) is 9.69 Å². The first-order valence-corrected chi connectivity index (χ1v) is 8.55. The van der Waals surface area contributed by atoms with Crippen molar-refractivity contribution in [3.05, 3.63) is 60.1 Å². The van der Waals surface area contributed by atoms with Crippen molar-refractivity contribution >= 4 is 12.0 Å². The van der Waals surface area contributed by atoms with Crippen molar-refractivity contribution in [1.82, 2.24) is 10.2 Å². The molecule has 0 bridgehead atoms. The average molecular weight is 342 g/mol. The molecule has 0 saturated carbocycles. The van der Waals surface area contributed by atoms with Gasteiger partial charge in [-0.05, 0) is 49.0 Å². The highest BCUT2D eigenvalue weighted by molar-refractivity contribution is 5.91. The van der Waals surface area contributed by atoms with Crippen LogP contribution in [0.15, 0.2) is 53.2 Å². The molecule has 0 aliphatic rings. The van der Waals surface area contributed by atoms with Crippen LogP contribution < -0.4 is 10.1 Å². The second kappa shape index (κ2) is 9.69. The van der Waals surface area contributed by atoms with E-state index in [4.69, 9.17) is 9.15 Å². The number of likely N-dealkylation sites (N-methyl/N-ethyl adjacent to an activating group) is 1. The van der Waals surface area contributed by atoms with E-state index in [0.717, 1.165) is 24.4 Å². The van der Waals surface area contributed by atoms with Crippen molar-refractivity contribution in [2.24, 2.45) is 0 Å². The van der Waals surface area contributed by atoms with Crippen LogP contribution >= 0.6 is 0 Å². The predicted molar refractivity (Wildman–Crippen MR) is 99.4 cm³/mol. The van der Waals surface area contributed by atoms with Gasteiger partial charge in [0.15, 0.2) is 0 Å². The van der Waals surface area contributed by atoms with Crippen LogP contribution in [0.25, 0.3) is 6.08 Å². The Hall–Kier alpha value is -2.53. The van der Waals surface area contributed by atoms with Crippen LogP contribution in [-0.4, -0.2) is 37.6 Å². The molecule has 134 valence electrons. The van der Waals surface area contributed by atoms with Gasteiger partial charge in [0.25, 0.3) is 0 Å². The summed E-state index contributed by atoms with van der Waals surface area (Å²) in [5.74, 6) is 1.33. The number of furan rings is 1. The summed E-state index contributed by atoms with van der Waals surface area (Å²) < 4.78 is 10.5. The lowest BCUT2D eigenvalue weighted by Crippen LogP contribution is -2.37. The Bertz CT molecular complexity index is 676. The van der Waals surface area contributed by atoms with Gasteiger partial charge < -0.3 is 14.5 Å². The summed E-state index contributed by atoms with van der Waals surface area (Å²) in [6.45, 7) is 6.56. The standard InChI is InChI=1S/C20H26N2O3/c1-4-22(5-2)19(16-8-6-9-18(14-16)24-3)15-21-20(23)12-11-17-10-7-13-25-17/h6-14,19H,4-5,15H2,1-3H3,(H,21,23)/b12-11+. The van der Waals surface area contributed by atoms with Crippen molar-refractivity contribution in [2.45, 2.75) is 19.9 Å². The smallest absolute Gasteiger partial charge is 0.244 e. The lowest BCUT2D eigenvalue weighted by atomic mass is 10.0. The fourth-order valence-corrected chi connectivity index (χ4v) is 2.77. The summed E-state index contributed by atoms with van der Waals surface area (Å²) in [7, 11) is 1.66. The molecule has 5 nitrogen and oxygen atoms in total. The number of carbonyl (C=O) groups is 1. The van der Waals surface area contributed by atoms with E-state index in [1.165, 1.54) is 6.08 Å². The predicted octanol–water partition coefficient (Wildman–Crippen LogP) is 3.50. The average Bonchev–Trinajstić information content (AvgIpc) is 3.17. The van der Waals surface area contributed by atoms with E-state index in [0.29, 0.717) is 12.3 Å². The largest absolute Gasteiger partial charge is 0.497 e. The van der Waals surface area contributed by atoms with Gasteiger partial charge >= 0.3 is 0 Å². The maximum Gasteiger partial charge on any atom is 0.244 e. The number of ether oxygens (including phenoxy) is 1. The van der Waals surface area contributed by atoms with E-state index >= 15 is 0 Å². The minimum Gasteiger partial charge on any atom is -0.497 e. The Morgan fingerprint density at radius 1 is 1.28 bits per heavy atom. The Morgan fingerprint density at radius 2 is 2.08 bits per heavy atom. The molecule has 0 spiro atoms. The van der Waals surface area contributed by atoms with Gasteiger partial charge in [0.1, 0.15) is 11.5 Å². The normalized spacial score (nSPS) is 12.5. The second-order valence-corrected chi connectivity index (χ2v) is 5.61. The summed E-state index contributed by atoms with van der Waals surface area (Å²) >= 11 is 0. The molecule has 1 aromatic heterocycles. The van der Waals surface area contributed by atoms with Crippen molar-refractivity contribution in [3.63, 3.8) is 0 Å². The first kappa shape index (κ1) is 18.8. The topological polar surface area (TPSA) is 54.7 Å². The Balaban J connectivity index is 2.06. The molecule has 5 heteroatoms. The van der Waals surface area contributed by atoms with Crippen LogP contribution in [0.1, 0.15) is 31.2 Å². The number of rotatable bonds is 9. The highest BCUT2D eigenvalue weighted by Gasteiger charge is 2.19. The van der Waals surface area contributed by atoms with Crippen molar-refractivity contribution in [1.29, 1.82) is 0 Å². The van der Waals surface area contributed by atoms with Crippen LogP contribution in [0.2, 0.25) is 0 Å². The third kappa shape index (κ3) is 5.50. The zero-order chi connectivity index (χ0) is 18.1. The molecule has 0 fully saturated rings. The van der Waals surface area contributed by atoms with Crippen LogP contribution in [0.3, 0.4) is 0 Å². The fraction of sp³-hybridized carbons (Fsp3) is 0.350. The molecule has 25 heavy (non-hydrogen) atoms. The van der Waals surface area contributed by atoms with E-state index < -0.39 is 0 Å². The second-order valence-electron chi connectivity index (χ2n) is 5.61. The first-order valence-electron chi connectivity index (χ1n) is 8.55. The van der Waals surface area contributed by atoms with E-state index in [1.807, 2.05) is 18.2 Å². The van der Waals surface area contributed by atoms with Crippen LogP contribution in [0, 0.1) is 0 Å². The maximum atomic E-state index is 12.1. The maximum absolute atomic E-state index is 12.1. The van der Waals surface area contributed by atoms with Crippen molar-refractivity contribution in [2.75, 3.05) is 26.7 Å². The molecule has 1 aromatic carbocycles. The van der Waals surface area contributed by atoms with Crippen LogP contribution in [0.4, 0.5) is 0 Å². The van der Waals surface area contributed by atoms with E-state index in [9.17, 15) is 4.79 Å². The minimum absolute atomic E-state index is 0.0889. The molecule has 0 aliphatic carbocycles. The van der Waals surface area contributed by atoms with Gasteiger partial charge in [0.05, 0.1) is 19.4 Å². The molecular weight excluding hydrogens is 316 g/mol. The SMILES string of the molecule is CCN(CC)C(CNC(=O)/C=C/c1ccco1)c1cccc(OC)c1. The number of methoxy groups -OCH3 is 1. The van der Waals surface area contributed by atoms with Gasteiger partial charge in [-0.25, -0.2) is 0 Å². The molecule has 0 saturated heterocycles. The van der Waals surface area contributed by atoms with Crippen molar-refractivity contribution < 1.29 is 13.9 Å². The fourth-order valence-electron chi connectivity index (χ4n) is 2.77. The zero-order valence-electron chi connectivity index (χ0n) is 15.1. The molecule has 0 radical (unpaired) electrons. The zero-order valence-corrected chi connectivity index (χ0v) is 15.1.